The largest absolute Gasteiger partial charge is 0.313 e. The first-order valence-electron chi connectivity index (χ1n) is 8.54. The van der Waals surface area contributed by atoms with Gasteiger partial charge in [-0.1, -0.05) is 31.2 Å². The maximum atomic E-state index is 13.1. The third kappa shape index (κ3) is 4.84. The van der Waals surface area contributed by atoms with Crippen molar-refractivity contribution in [3.05, 3.63) is 47.8 Å². The minimum atomic E-state index is -3.82. The molecule has 1 N–H and O–H groups in total. The maximum absolute atomic E-state index is 13.1. The second kappa shape index (κ2) is 9.09. The highest BCUT2D eigenvalue weighted by Crippen LogP contribution is 2.29. The summed E-state index contributed by atoms with van der Waals surface area (Å²) in [5.41, 5.74) is 2.08. The predicted molar refractivity (Wildman–Crippen MR) is 101 cm³/mol. The maximum Gasteiger partial charge on any atom is 0.257 e. The van der Waals surface area contributed by atoms with Gasteiger partial charge in [0.05, 0.1) is 12.2 Å². The van der Waals surface area contributed by atoms with Crippen LogP contribution >= 0.6 is 12.4 Å². The number of hydrogen-bond acceptors (Lipinski definition) is 4. The molecule has 1 saturated heterocycles. The Bertz CT molecular complexity index is 843. The van der Waals surface area contributed by atoms with Crippen molar-refractivity contribution in [2.45, 2.75) is 37.3 Å². The molecule has 0 saturated carbocycles. The smallest absolute Gasteiger partial charge is 0.257 e. The Kier molecular flexibility index (Phi) is 7.32. The molecule has 27 heavy (non-hydrogen) atoms. The monoisotopic (exact) mass is 420 g/mol. The van der Waals surface area contributed by atoms with E-state index in [2.05, 4.69) is 17.3 Å². The fourth-order valence-corrected chi connectivity index (χ4v) is 4.66. The summed E-state index contributed by atoms with van der Waals surface area (Å²) in [5, 5.41) is 6.97. The van der Waals surface area contributed by atoms with Crippen LogP contribution in [0.25, 0.3) is 0 Å². The molecule has 1 fully saturated rings. The van der Waals surface area contributed by atoms with Crippen LogP contribution in [0.1, 0.15) is 24.1 Å². The predicted octanol–water partition coefficient (Wildman–Crippen LogP) is 2.47. The molecule has 0 radical (unpaired) electrons. The average molecular weight is 421 g/mol. The molecule has 1 unspecified atom stereocenters. The first-order valence-corrected chi connectivity index (χ1v) is 9.98. The molecular formula is C17H23ClF2N4O2S. The van der Waals surface area contributed by atoms with Gasteiger partial charge < -0.3 is 5.32 Å². The lowest BCUT2D eigenvalue weighted by Gasteiger charge is -2.35. The van der Waals surface area contributed by atoms with Gasteiger partial charge in [0, 0.05) is 25.8 Å². The number of nitrogens with one attached hydrogen (secondary N) is 1. The fraction of sp³-hybridized carbons (Fsp3) is 0.471. The minimum Gasteiger partial charge on any atom is -0.313 e. The van der Waals surface area contributed by atoms with E-state index in [4.69, 9.17) is 0 Å². The average Bonchev–Trinajstić information content (AvgIpc) is 3.10. The number of alkyl halides is 2. The van der Waals surface area contributed by atoms with Crippen LogP contribution in [0, 0.1) is 0 Å². The molecule has 1 aromatic heterocycles. The molecule has 6 nitrogen and oxygen atoms in total. The summed E-state index contributed by atoms with van der Waals surface area (Å²) in [4.78, 5) is -0.0600. The van der Waals surface area contributed by atoms with E-state index in [9.17, 15) is 17.2 Å². The van der Waals surface area contributed by atoms with Crippen molar-refractivity contribution in [1.29, 1.82) is 0 Å². The number of sulfonamides is 1. The van der Waals surface area contributed by atoms with Crippen LogP contribution in [-0.2, 0) is 23.0 Å². The number of halogens is 3. The van der Waals surface area contributed by atoms with Crippen molar-refractivity contribution in [3.8, 4) is 0 Å². The van der Waals surface area contributed by atoms with E-state index >= 15 is 0 Å². The Morgan fingerprint density at radius 2 is 2.00 bits per heavy atom. The number of aromatic nitrogens is 2. The Labute approximate surface area is 164 Å². The van der Waals surface area contributed by atoms with E-state index in [1.54, 1.807) is 0 Å². The molecule has 0 amide bonds. The third-order valence-corrected chi connectivity index (χ3v) is 6.37. The molecule has 1 aliphatic rings. The van der Waals surface area contributed by atoms with Crippen molar-refractivity contribution in [1.82, 2.24) is 19.4 Å². The quantitative estimate of drug-likeness (QED) is 0.779. The van der Waals surface area contributed by atoms with Crippen molar-refractivity contribution in [3.63, 3.8) is 0 Å². The second-order valence-corrected chi connectivity index (χ2v) is 8.11. The number of nitrogens with zero attached hydrogens (tertiary/aromatic N) is 3. The second-order valence-electron chi connectivity index (χ2n) is 6.22. The molecule has 3 rings (SSSR count). The SMILES string of the molecule is CCc1ccc(C2CNCCN2S(=O)(=O)c2cnn(CC(F)F)c2)cc1.Cl. The lowest BCUT2D eigenvalue weighted by atomic mass is 10.0. The molecular weight excluding hydrogens is 398 g/mol. The van der Waals surface area contributed by atoms with Crippen molar-refractivity contribution >= 4 is 22.4 Å². The van der Waals surface area contributed by atoms with Gasteiger partial charge in [-0.3, -0.25) is 4.68 Å². The Hall–Kier alpha value is -1.55. The van der Waals surface area contributed by atoms with Crippen molar-refractivity contribution < 1.29 is 17.2 Å². The van der Waals surface area contributed by atoms with Crippen LogP contribution in [0.2, 0.25) is 0 Å². The van der Waals surface area contributed by atoms with Crippen molar-refractivity contribution in [2.75, 3.05) is 19.6 Å². The highest BCUT2D eigenvalue weighted by atomic mass is 35.5. The summed E-state index contributed by atoms with van der Waals surface area (Å²) < 4.78 is 53.5. The van der Waals surface area contributed by atoms with Gasteiger partial charge in [-0.05, 0) is 17.5 Å². The summed E-state index contributed by atoms with van der Waals surface area (Å²) in [7, 11) is -3.82. The van der Waals surface area contributed by atoms with Gasteiger partial charge >= 0.3 is 0 Å². The summed E-state index contributed by atoms with van der Waals surface area (Å²) >= 11 is 0. The number of piperazine rings is 1. The van der Waals surface area contributed by atoms with E-state index in [0.717, 1.165) is 22.9 Å². The number of benzene rings is 1. The summed E-state index contributed by atoms with van der Waals surface area (Å²) in [6, 6.07) is 7.53. The molecule has 10 heteroatoms. The molecule has 2 aromatic rings. The van der Waals surface area contributed by atoms with Crippen LogP contribution in [0.4, 0.5) is 8.78 Å². The van der Waals surface area contributed by atoms with E-state index in [0.29, 0.717) is 19.6 Å². The Balaban J connectivity index is 0.00000261. The first-order chi connectivity index (χ1) is 12.4. The standard InChI is InChI=1S/C17H22F2N4O2S.ClH/c1-2-13-3-5-14(6-4-13)16-10-20-7-8-23(16)26(24,25)15-9-21-22(11-15)12-17(18)19;/h3-6,9,11,16-17,20H,2,7-8,10,12H2,1H3;1H. The fourth-order valence-electron chi connectivity index (χ4n) is 3.09. The Morgan fingerprint density at radius 1 is 1.30 bits per heavy atom. The minimum absolute atomic E-state index is 0. The zero-order chi connectivity index (χ0) is 18.7. The topological polar surface area (TPSA) is 67.2 Å². The van der Waals surface area contributed by atoms with Gasteiger partial charge in [0.2, 0.25) is 10.0 Å². The van der Waals surface area contributed by atoms with Crippen LogP contribution in [0.5, 0.6) is 0 Å². The molecule has 1 aromatic carbocycles. The highest BCUT2D eigenvalue weighted by molar-refractivity contribution is 7.89. The van der Waals surface area contributed by atoms with E-state index in [-0.39, 0.29) is 23.3 Å². The molecule has 1 aliphatic heterocycles. The van der Waals surface area contributed by atoms with E-state index in [1.165, 1.54) is 16.1 Å². The van der Waals surface area contributed by atoms with Crippen LogP contribution in [0.15, 0.2) is 41.6 Å². The van der Waals surface area contributed by atoms with Gasteiger partial charge in [0.1, 0.15) is 11.4 Å². The van der Waals surface area contributed by atoms with Crippen LogP contribution < -0.4 is 5.32 Å². The molecule has 0 bridgehead atoms. The van der Waals surface area contributed by atoms with E-state index < -0.39 is 23.0 Å². The number of hydrogen-bond donors (Lipinski definition) is 1. The van der Waals surface area contributed by atoms with Gasteiger partial charge in [0.25, 0.3) is 6.43 Å². The normalized spacial score (nSPS) is 18.4. The first kappa shape index (κ1) is 21.7. The summed E-state index contributed by atoms with van der Waals surface area (Å²) in [5.74, 6) is 0. The molecule has 1 atom stereocenters. The van der Waals surface area contributed by atoms with Gasteiger partial charge in [-0.15, -0.1) is 12.4 Å². The van der Waals surface area contributed by atoms with Gasteiger partial charge in [-0.25, -0.2) is 17.2 Å². The molecule has 2 heterocycles. The van der Waals surface area contributed by atoms with Gasteiger partial charge in [-0.2, -0.15) is 9.40 Å². The zero-order valence-corrected chi connectivity index (χ0v) is 16.5. The Morgan fingerprint density at radius 3 is 2.63 bits per heavy atom. The number of aryl methyl sites for hydroxylation is 1. The summed E-state index contributed by atoms with van der Waals surface area (Å²) in [6.07, 6.45) is 0.626. The summed E-state index contributed by atoms with van der Waals surface area (Å²) in [6.45, 7) is 2.77. The lowest BCUT2D eigenvalue weighted by molar-refractivity contribution is 0.121. The molecule has 150 valence electrons. The van der Waals surface area contributed by atoms with Crippen LogP contribution in [-0.4, -0.2) is 48.6 Å². The lowest BCUT2D eigenvalue weighted by Crippen LogP contribution is -2.48. The molecule has 0 spiro atoms. The van der Waals surface area contributed by atoms with E-state index in [1.807, 2.05) is 24.3 Å². The van der Waals surface area contributed by atoms with Crippen LogP contribution in [0.3, 0.4) is 0 Å². The third-order valence-electron chi connectivity index (χ3n) is 4.51. The molecule has 0 aliphatic carbocycles. The highest BCUT2D eigenvalue weighted by Gasteiger charge is 2.35. The van der Waals surface area contributed by atoms with Crippen molar-refractivity contribution in [2.24, 2.45) is 0 Å². The zero-order valence-electron chi connectivity index (χ0n) is 14.9. The number of rotatable bonds is 6. The van der Waals surface area contributed by atoms with Gasteiger partial charge in [0.15, 0.2) is 0 Å².